The van der Waals surface area contributed by atoms with E-state index >= 15 is 0 Å². The largest absolute Gasteiger partial charge is 0.356 e. The molecule has 0 saturated heterocycles. The third-order valence-electron chi connectivity index (χ3n) is 2.98. The molecule has 0 aromatic carbocycles. The minimum atomic E-state index is 0.648. The summed E-state index contributed by atoms with van der Waals surface area (Å²) in [5.41, 5.74) is 0. The molecular formula is C15H34N4. The molecule has 0 saturated carbocycles. The Labute approximate surface area is 120 Å². The van der Waals surface area contributed by atoms with E-state index in [1.165, 1.54) is 38.6 Å². The molecule has 0 fully saturated rings. The Balaban J connectivity index is 3.37. The highest BCUT2D eigenvalue weighted by Gasteiger charge is 1.98. The smallest absolute Gasteiger partial charge is 0.190 e. The first-order valence-electron chi connectivity index (χ1n) is 7.65. The number of hydrogen-bond donors (Lipinski definition) is 2. The molecule has 19 heavy (non-hydrogen) atoms. The van der Waals surface area contributed by atoms with Gasteiger partial charge in [0.05, 0.1) is 0 Å². The molecule has 0 atom stereocenters. The third-order valence-corrected chi connectivity index (χ3v) is 2.98. The molecule has 0 amide bonds. The van der Waals surface area contributed by atoms with Crippen molar-refractivity contribution in [3.8, 4) is 0 Å². The molecular weight excluding hydrogens is 236 g/mol. The molecule has 0 aromatic rings. The summed E-state index contributed by atoms with van der Waals surface area (Å²) < 4.78 is 0. The van der Waals surface area contributed by atoms with Crippen LogP contribution in [-0.2, 0) is 0 Å². The molecule has 4 nitrogen and oxygen atoms in total. The van der Waals surface area contributed by atoms with E-state index in [9.17, 15) is 0 Å². The Morgan fingerprint density at radius 2 is 1.63 bits per heavy atom. The van der Waals surface area contributed by atoms with E-state index in [1.807, 2.05) is 7.05 Å². The predicted octanol–water partition coefficient (Wildman–Crippen LogP) is 2.32. The molecule has 0 aliphatic heterocycles. The van der Waals surface area contributed by atoms with Crippen LogP contribution in [0.15, 0.2) is 4.99 Å². The number of rotatable bonds is 10. The highest BCUT2D eigenvalue weighted by Crippen LogP contribution is 2.02. The molecule has 0 unspecified atom stereocenters. The van der Waals surface area contributed by atoms with Crippen LogP contribution in [0.4, 0.5) is 0 Å². The summed E-state index contributed by atoms with van der Waals surface area (Å²) in [6.07, 6.45) is 6.54. The fourth-order valence-corrected chi connectivity index (χ4v) is 1.81. The summed E-state index contributed by atoms with van der Waals surface area (Å²) >= 11 is 0. The van der Waals surface area contributed by atoms with Crippen molar-refractivity contribution in [1.29, 1.82) is 0 Å². The van der Waals surface area contributed by atoms with Gasteiger partial charge in [0.2, 0.25) is 0 Å². The van der Waals surface area contributed by atoms with Gasteiger partial charge in [0.1, 0.15) is 0 Å². The zero-order valence-electron chi connectivity index (χ0n) is 13.6. The second-order valence-corrected chi connectivity index (χ2v) is 5.84. The van der Waals surface area contributed by atoms with Crippen molar-refractivity contribution in [2.24, 2.45) is 10.9 Å². The molecule has 0 aliphatic carbocycles. The number of nitrogens with zero attached hydrogens (tertiary/aromatic N) is 2. The van der Waals surface area contributed by atoms with Crippen LogP contribution in [0, 0.1) is 5.92 Å². The summed E-state index contributed by atoms with van der Waals surface area (Å²) in [7, 11) is 6.11. The van der Waals surface area contributed by atoms with Gasteiger partial charge in [-0.25, -0.2) is 0 Å². The van der Waals surface area contributed by atoms with Crippen LogP contribution in [0.2, 0.25) is 0 Å². The lowest BCUT2D eigenvalue weighted by atomic mass is 10.1. The zero-order valence-corrected chi connectivity index (χ0v) is 13.6. The van der Waals surface area contributed by atoms with Crippen molar-refractivity contribution in [2.45, 2.75) is 46.0 Å². The van der Waals surface area contributed by atoms with Crippen LogP contribution in [0.3, 0.4) is 0 Å². The Hall–Kier alpha value is -0.770. The molecule has 114 valence electrons. The summed E-state index contributed by atoms with van der Waals surface area (Å²) in [5, 5.41) is 6.69. The fraction of sp³-hybridized carbons (Fsp3) is 0.933. The highest BCUT2D eigenvalue weighted by atomic mass is 15.2. The van der Waals surface area contributed by atoms with Crippen LogP contribution >= 0.6 is 0 Å². The van der Waals surface area contributed by atoms with Crippen LogP contribution in [0.25, 0.3) is 0 Å². The second kappa shape index (κ2) is 12.3. The zero-order chi connectivity index (χ0) is 14.5. The molecule has 0 bridgehead atoms. The van der Waals surface area contributed by atoms with Gasteiger partial charge in [-0.3, -0.25) is 4.99 Å². The number of hydrogen-bond acceptors (Lipinski definition) is 2. The van der Waals surface area contributed by atoms with Crippen LogP contribution in [0.1, 0.15) is 46.0 Å². The van der Waals surface area contributed by atoms with Gasteiger partial charge >= 0.3 is 0 Å². The molecule has 0 aromatic heterocycles. The summed E-state index contributed by atoms with van der Waals surface area (Å²) in [6, 6.07) is 0. The SMILES string of the molecule is CN=C(NCCCCCCCN(C)C)NCC(C)C. The molecule has 0 rings (SSSR count). The Morgan fingerprint density at radius 3 is 2.21 bits per heavy atom. The Kier molecular flexibility index (Phi) is 11.8. The maximum absolute atomic E-state index is 4.22. The van der Waals surface area contributed by atoms with Gasteiger partial charge in [0.25, 0.3) is 0 Å². The Bertz CT molecular complexity index is 224. The monoisotopic (exact) mass is 270 g/mol. The molecule has 0 heterocycles. The minimum Gasteiger partial charge on any atom is -0.356 e. The van der Waals surface area contributed by atoms with Gasteiger partial charge in [-0.05, 0) is 39.4 Å². The van der Waals surface area contributed by atoms with Crippen LogP contribution < -0.4 is 10.6 Å². The van der Waals surface area contributed by atoms with E-state index in [-0.39, 0.29) is 0 Å². The first kappa shape index (κ1) is 18.2. The van der Waals surface area contributed by atoms with E-state index in [1.54, 1.807) is 0 Å². The van der Waals surface area contributed by atoms with Gasteiger partial charge in [-0.15, -0.1) is 0 Å². The number of aliphatic imine (C=N–C) groups is 1. The topological polar surface area (TPSA) is 39.7 Å². The first-order valence-corrected chi connectivity index (χ1v) is 7.65. The van der Waals surface area contributed by atoms with E-state index in [0.29, 0.717) is 5.92 Å². The average molecular weight is 270 g/mol. The summed E-state index contributed by atoms with van der Waals surface area (Å²) in [5.74, 6) is 1.58. The van der Waals surface area contributed by atoms with Crippen LogP contribution in [0.5, 0.6) is 0 Å². The highest BCUT2D eigenvalue weighted by molar-refractivity contribution is 5.79. The fourth-order valence-electron chi connectivity index (χ4n) is 1.81. The molecule has 4 heteroatoms. The normalized spacial score (nSPS) is 12.3. The average Bonchev–Trinajstić information content (AvgIpc) is 2.35. The summed E-state index contributed by atoms with van der Waals surface area (Å²) in [6.45, 7) is 7.61. The molecule has 2 N–H and O–H groups in total. The lowest BCUT2D eigenvalue weighted by molar-refractivity contribution is 0.389. The van der Waals surface area contributed by atoms with E-state index in [2.05, 4.69) is 48.5 Å². The van der Waals surface area contributed by atoms with Gasteiger partial charge < -0.3 is 15.5 Å². The number of unbranched alkanes of at least 4 members (excludes halogenated alkanes) is 4. The number of guanidine groups is 1. The maximum atomic E-state index is 4.22. The number of nitrogens with one attached hydrogen (secondary N) is 2. The maximum Gasteiger partial charge on any atom is 0.190 e. The van der Waals surface area contributed by atoms with E-state index in [4.69, 9.17) is 0 Å². The van der Waals surface area contributed by atoms with E-state index in [0.717, 1.165) is 19.0 Å². The van der Waals surface area contributed by atoms with Crippen molar-refractivity contribution in [3.05, 3.63) is 0 Å². The van der Waals surface area contributed by atoms with Crippen LogP contribution in [-0.4, -0.2) is 51.6 Å². The van der Waals surface area contributed by atoms with Crippen molar-refractivity contribution in [2.75, 3.05) is 40.8 Å². The van der Waals surface area contributed by atoms with Gasteiger partial charge in [0, 0.05) is 20.1 Å². The Morgan fingerprint density at radius 1 is 1.00 bits per heavy atom. The van der Waals surface area contributed by atoms with Crippen molar-refractivity contribution < 1.29 is 0 Å². The minimum absolute atomic E-state index is 0.648. The summed E-state index contributed by atoms with van der Waals surface area (Å²) in [4.78, 5) is 6.47. The first-order chi connectivity index (χ1) is 9.06. The third kappa shape index (κ3) is 13.5. The lowest BCUT2D eigenvalue weighted by Gasteiger charge is -2.13. The van der Waals surface area contributed by atoms with E-state index < -0.39 is 0 Å². The standard InChI is InChI=1S/C15H34N4/c1-14(2)13-18-15(16-3)17-11-9-7-6-8-10-12-19(4)5/h14H,6-13H2,1-5H3,(H2,16,17,18). The lowest BCUT2D eigenvalue weighted by Crippen LogP contribution is -2.39. The quantitative estimate of drug-likeness (QED) is 0.363. The van der Waals surface area contributed by atoms with Crippen molar-refractivity contribution in [3.63, 3.8) is 0 Å². The van der Waals surface area contributed by atoms with Crippen molar-refractivity contribution >= 4 is 5.96 Å². The molecule has 0 radical (unpaired) electrons. The van der Waals surface area contributed by atoms with Gasteiger partial charge in [0.15, 0.2) is 5.96 Å². The molecule has 0 spiro atoms. The van der Waals surface area contributed by atoms with Gasteiger partial charge in [-0.2, -0.15) is 0 Å². The predicted molar refractivity (Wildman–Crippen MR) is 85.8 cm³/mol. The van der Waals surface area contributed by atoms with Gasteiger partial charge in [-0.1, -0.05) is 33.1 Å². The van der Waals surface area contributed by atoms with Crippen molar-refractivity contribution in [1.82, 2.24) is 15.5 Å². The molecule has 0 aliphatic rings. The second-order valence-electron chi connectivity index (χ2n) is 5.84.